The van der Waals surface area contributed by atoms with Crippen LogP contribution in [0.3, 0.4) is 0 Å². The predicted molar refractivity (Wildman–Crippen MR) is 52.5 cm³/mol. The van der Waals surface area contributed by atoms with Gasteiger partial charge in [-0.25, -0.2) is 4.79 Å². The smallest absolute Gasteiger partial charge is 0.404 e. The van der Waals surface area contributed by atoms with Gasteiger partial charge in [0.1, 0.15) is 0 Å². The number of benzene rings is 1. The highest BCUT2D eigenvalue weighted by Gasteiger charge is 2.33. The van der Waals surface area contributed by atoms with Gasteiger partial charge in [-0.05, 0) is 12.1 Å². The number of rotatable bonds is 4. The van der Waals surface area contributed by atoms with Crippen LogP contribution in [0.1, 0.15) is 5.56 Å². The molecule has 17 heavy (non-hydrogen) atoms. The van der Waals surface area contributed by atoms with Crippen LogP contribution in [0, 0.1) is 10.1 Å². The van der Waals surface area contributed by atoms with E-state index in [1.165, 1.54) is 0 Å². The molecule has 0 aliphatic heterocycles. The number of carbonyl (C=O) groups is 1. The molecule has 1 aromatic carbocycles. The first kappa shape index (κ1) is 12.8. The van der Waals surface area contributed by atoms with Crippen LogP contribution in [0.2, 0.25) is 0 Å². The Morgan fingerprint density at radius 1 is 1.41 bits per heavy atom. The van der Waals surface area contributed by atoms with E-state index < -0.39 is 29.1 Å². The van der Waals surface area contributed by atoms with Gasteiger partial charge in [-0.3, -0.25) is 10.1 Å². The van der Waals surface area contributed by atoms with E-state index in [2.05, 4.69) is 10.5 Å². The summed E-state index contributed by atoms with van der Waals surface area (Å²) in [6.07, 6.45) is -1.31. The zero-order chi connectivity index (χ0) is 13.1. The van der Waals surface area contributed by atoms with Gasteiger partial charge in [0.25, 0.3) is 5.69 Å². The maximum atomic E-state index is 13.3. The van der Waals surface area contributed by atoms with Crippen molar-refractivity contribution in [2.75, 3.05) is 6.61 Å². The zero-order valence-corrected chi connectivity index (χ0v) is 8.43. The van der Waals surface area contributed by atoms with Gasteiger partial charge < -0.3 is 10.5 Å². The summed E-state index contributed by atoms with van der Waals surface area (Å²) in [6.45, 7) is -1.21. The van der Waals surface area contributed by atoms with Gasteiger partial charge in [0.15, 0.2) is 6.61 Å². The van der Waals surface area contributed by atoms with E-state index in [1.54, 1.807) is 0 Å². The molecular weight excluding hydrogens is 238 g/mol. The number of alkyl halides is 2. The summed E-state index contributed by atoms with van der Waals surface area (Å²) in [7, 11) is 0. The fraction of sp³-hybridized carbons (Fsp3) is 0.222. The summed E-state index contributed by atoms with van der Waals surface area (Å²) in [5.74, 6) is -3.44. The Morgan fingerprint density at radius 2 is 1.94 bits per heavy atom. The number of halogens is 2. The van der Waals surface area contributed by atoms with Gasteiger partial charge in [-0.15, -0.1) is 0 Å². The molecule has 1 amide bonds. The van der Waals surface area contributed by atoms with Gasteiger partial charge in [0.05, 0.1) is 4.92 Å². The normalized spacial score (nSPS) is 10.9. The minimum Gasteiger partial charge on any atom is -0.443 e. The van der Waals surface area contributed by atoms with Gasteiger partial charge in [0, 0.05) is 17.7 Å². The molecule has 0 saturated carbocycles. The van der Waals surface area contributed by atoms with Crippen molar-refractivity contribution in [3.63, 3.8) is 0 Å². The van der Waals surface area contributed by atoms with Crippen molar-refractivity contribution in [3.8, 4) is 0 Å². The van der Waals surface area contributed by atoms with E-state index in [-0.39, 0.29) is 5.69 Å². The molecule has 0 saturated heterocycles. The van der Waals surface area contributed by atoms with Crippen molar-refractivity contribution in [1.29, 1.82) is 0 Å². The molecule has 1 aromatic rings. The van der Waals surface area contributed by atoms with E-state index in [9.17, 15) is 23.7 Å². The topological polar surface area (TPSA) is 95.5 Å². The molecule has 0 heterocycles. The molecule has 2 N–H and O–H groups in total. The SMILES string of the molecule is NC(=O)OCC(F)(F)c1ccc([N+](=O)[O-])cc1. The highest BCUT2D eigenvalue weighted by atomic mass is 19.3. The van der Waals surface area contributed by atoms with Crippen molar-refractivity contribution in [1.82, 2.24) is 0 Å². The molecule has 92 valence electrons. The number of carbonyl (C=O) groups excluding carboxylic acids is 1. The minimum absolute atomic E-state index is 0.305. The van der Waals surface area contributed by atoms with Gasteiger partial charge >= 0.3 is 12.0 Å². The highest BCUT2D eigenvalue weighted by Crippen LogP contribution is 2.29. The molecule has 1 rings (SSSR count). The summed E-state index contributed by atoms with van der Waals surface area (Å²) in [5.41, 5.74) is 3.76. The Bertz CT molecular complexity index is 433. The molecule has 6 nitrogen and oxygen atoms in total. The Hall–Kier alpha value is -2.25. The van der Waals surface area contributed by atoms with Gasteiger partial charge in [-0.1, -0.05) is 0 Å². The van der Waals surface area contributed by atoms with Gasteiger partial charge in [-0.2, -0.15) is 8.78 Å². The summed E-state index contributed by atoms with van der Waals surface area (Å²) in [4.78, 5) is 19.8. The molecule has 0 atom stereocenters. The lowest BCUT2D eigenvalue weighted by atomic mass is 10.1. The fourth-order valence-corrected chi connectivity index (χ4v) is 1.07. The average Bonchev–Trinajstić information content (AvgIpc) is 2.27. The highest BCUT2D eigenvalue weighted by molar-refractivity contribution is 5.64. The number of nitrogens with zero attached hydrogens (tertiary/aromatic N) is 1. The molecule has 0 aromatic heterocycles. The number of hydrogen-bond donors (Lipinski definition) is 1. The van der Waals surface area contributed by atoms with Gasteiger partial charge in [0.2, 0.25) is 0 Å². The molecule has 0 radical (unpaired) electrons. The van der Waals surface area contributed by atoms with E-state index in [1.807, 2.05) is 0 Å². The monoisotopic (exact) mass is 246 g/mol. The molecule has 0 fully saturated rings. The minimum atomic E-state index is -3.44. The molecule has 0 spiro atoms. The van der Waals surface area contributed by atoms with E-state index in [0.29, 0.717) is 0 Å². The lowest BCUT2D eigenvalue weighted by Crippen LogP contribution is -2.25. The Balaban J connectivity index is 2.84. The standard InChI is InChI=1S/C9H8F2N2O4/c10-9(11,5-17-8(12)14)6-1-3-7(4-2-6)13(15)16/h1-4H,5H2,(H2,12,14). The molecule has 0 aliphatic carbocycles. The van der Waals surface area contributed by atoms with Crippen molar-refractivity contribution >= 4 is 11.8 Å². The zero-order valence-electron chi connectivity index (χ0n) is 8.43. The van der Waals surface area contributed by atoms with Crippen LogP contribution in [-0.4, -0.2) is 17.6 Å². The maximum Gasteiger partial charge on any atom is 0.404 e. The van der Waals surface area contributed by atoms with Crippen LogP contribution in [0.15, 0.2) is 24.3 Å². The Kier molecular flexibility index (Phi) is 3.56. The summed E-state index contributed by atoms with van der Waals surface area (Å²) in [5, 5.41) is 10.3. The second-order valence-corrected chi connectivity index (χ2v) is 3.12. The molecule has 0 bridgehead atoms. The number of hydrogen-bond acceptors (Lipinski definition) is 4. The Morgan fingerprint density at radius 3 is 2.35 bits per heavy atom. The molecular formula is C9H8F2N2O4. The van der Waals surface area contributed by atoms with Crippen LogP contribution < -0.4 is 5.73 Å². The summed E-state index contributed by atoms with van der Waals surface area (Å²) in [6, 6.07) is 3.66. The number of ether oxygens (including phenoxy) is 1. The van der Waals surface area contributed by atoms with Crippen molar-refractivity contribution in [2.45, 2.75) is 5.92 Å². The summed E-state index contributed by atoms with van der Waals surface area (Å²) >= 11 is 0. The van der Waals surface area contributed by atoms with Crippen molar-refractivity contribution < 1.29 is 23.2 Å². The first-order valence-corrected chi connectivity index (χ1v) is 4.38. The second kappa shape index (κ2) is 4.73. The quantitative estimate of drug-likeness (QED) is 0.646. The third-order valence-electron chi connectivity index (χ3n) is 1.90. The van der Waals surface area contributed by atoms with E-state index in [4.69, 9.17) is 0 Å². The third-order valence-corrected chi connectivity index (χ3v) is 1.90. The molecule has 0 aliphatic rings. The third kappa shape index (κ3) is 3.37. The molecule has 0 unspecified atom stereocenters. The number of amides is 1. The number of nitro groups is 1. The Labute approximate surface area is 94.1 Å². The van der Waals surface area contributed by atoms with Crippen LogP contribution >= 0.6 is 0 Å². The first-order chi connectivity index (χ1) is 7.83. The average molecular weight is 246 g/mol. The lowest BCUT2D eigenvalue weighted by Gasteiger charge is -2.15. The fourth-order valence-electron chi connectivity index (χ4n) is 1.07. The maximum absolute atomic E-state index is 13.3. The van der Waals surface area contributed by atoms with Crippen LogP contribution in [-0.2, 0) is 10.7 Å². The second-order valence-electron chi connectivity index (χ2n) is 3.12. The lowest BCUT2D eigenvalue weighted by molar-refractivity contribution is -0.384. The number of nitrogens with two attached hydrogens (primary N) is 1. The van der Waals surface area contributed by atoms with Crippen molar-refractivity contribution in [2.24, 2.45) is 5.73 Å². The van der Waals surface area contributed by atoms with Crippen LogP contribution in [0.4, 0.5) is 19.3 Å². The van der Waals surface area contributed by atoms with E-state index in [0.717, 1.165) is 24.3 Å². The largest absolute Gasteiger partial charge is 0.443 e. The summed E-state index contributed by atoms with van der Waals surface area (Å²) < 4.78 is 30.7. The first-order valence-electron chi connectivity index (χ1n) is 4.38. The van der Waals surface area contributed by atoms with E-state index >= 15 is 0 Å². The predicted octanol–water partition coefficient (Wildman–Crippen LogP) is 1.78. The number of nitro benzene ring substituents is 1. The molecule has 8 heteroatoms. The van der Waals surface area contributed by atoms with Crippen LogP contribution in [0.25, 0.3) is 0 Å². The van der Waals surface area contributed by atoms with Crippen LogP contribution in [0.5, 0.6) is 0 Å². The number of primary amides is 1. The number of non-ortho nitro benzene ring substituents is 1. The van der Waals surface area contributed by atoms with Crippen molar-refractivity contribution in [3.05, 3.63) is 39.9 Å².